The molecule has 5 nitrogen and oxygen atoms in total. The number of hydrogen-bond acceptors (Lipinski definition) is 5. The fraction of sp³-hybridized carbons (Fsp3) is 0.174. The highest BCUT2D eigenvalue weighted by atomic mass is 16.5. The Bertz CT molecular complexity index is 882. The number of methoxy groups -OCH3 is 2. The van der Waals surface area contributed by atoms with Crippen molar-refractivity contribution in [2.24, 2.45) is 0 Å². The molecule has 0 saturated carbocycles. The van der Waals surface area contributed by atoms with Crippen LogP contribution in [0, 0.1) is 0 Å². The normalized spacial score (nSPS) is 10.2. The lowest BCUT2D eigenvalue weighted by molar-refractivity contribution is -0.133. The first kappa shape index (κ1) is 19.3. The van der Waals surface area contributed by atoms with E-state index in [4.69, 9.17) is 18.9 Å². The topological polar surface area (TPSA) is 54.0 Å². The lowest BCUT2D eigenvalue weighted by atomic mass is 10.1. The summed E-state index contributed by atoms with van der Waals surface area (Å²) in [5.74, 6) is 1.87. The van der Waals surface area contributed by atoms with Gasteiger partial charge in [0.15, 0.2) is 0 Å². The Morgan fingerprint density at radius 3 is 1.93 bits per heavy atom. The van der Waals surface area contributed by atoms with Gasteiger partial charge in [0.1, 0.15) is 29.6 Å². The minimum absolute atomic E-state index is 0.151. The predicted molar refractivity (Wildman–Crippen MR) is 106 cm³/mol. The molecule has 0 aliphatic rings. The maximum absolute atomic E-state index is 12.2. The smallest absolute Gasteiger partial charge is 0.315 e. The minimum atomic E-state index is -0.367. The van der Waals surface area contributed by atoms with Crippen LogP contribution in [-0.2, 0) is 17.8 Å². The molecule has 0 spiro atoms. The number of carbonyl (C=O) groups excluding carboxylic acids is 1. The fourth-order valence-corrected chi connectivity index (χ4v) is 2.62. The molecule has 0 unspecified atom stereocenters. The molecule has 0 aliphatic carbocycles. The molecule has 0 bridgehead atoms. The predicted octanol–water partition coefficient (Wildman–Crippen LogP) is 4.43. The SMILES string of the molecule is COc1cc(OC)cc(OC(=O)Cc2ccc(OCc3ccccc3)cc2)c1. The zero-order valence-corrected chi connectivity index (χ0v) is 15.9. The van der Waals surface area contributed by atoms with Gasteiger partial charge >= 0.3 is 5.97 Å². The quantitative estimate of drug-likeness (QED) is 0.429. The van der Waals surface area contributed by atoms with Crippen LogP contribution in [0.2, 0.25) is 0 Å². The first-order valence-electron chi connectivity index (χ1n) is 8.85. The molecule has 0 N–H and O–H groups in total. The summed E-state index contributed by atoms with van der Waals surface area (Å²) < 4.78 is 21.5. The first-order valence-corrected chi connectivity index (χ1v) is 8.85. The van der Waals surface area contributed by atoms with Crippen LogP contribution >= 0.6 is 0 Å². The average molecular weight is 378 g/mol. The summed E-state index contributed by atoms with van der Waals surface area (Å²) in [5, 5.41) is 0. The van der Waals surface area contributed by atoms with E-state index in [1.807, 2.05) is 54.6 Å². The zero-order chi connectivity index (χ0) is 19.8. The van der Waals surface area contributed by atoms with Gasteiger partial charge in [0.25, 0.3) is 0 Å². The van der Waals surface area contributed by atoms with Crippen molar-refractivity contribution < 1.29 is 23.7 Å². The standard InChI is InChI=1S/C23H22O5/c1-25-20-13-21(26-2)15-22(14-20)28-23(24)12-17-8-10-19(11-9-17)27-16-18-6-4-3-5-7-18/h3-11,13-15H,12,16H2,1-2H3. The highest BCUT2D eigenvalue weighted by molar-refractivity contribution is 5.75. The Hall–Kier alpha value is -3.47. The van der Waals surface area contributed by atoms with E-state index in [2.05, 4.69) is 0 Å². The van der Waals surface area contributed by atoms with Gasteiger partial charge in [-0.05, 0) is 23.3 Å². The molecule has 3 rings (SSSR count). The second kappa shape index (κ2) is 9.46. The Kier molecular flexibility index (Phi) is 6.52. The number of hydrogen-bond donors (Lipinski definition) is 0. The van der Waals surface area contributed by atoms with Crippen LogP contribution < -0.4 is 18.9 Å². The summed E-state index contributed by atoms with van der Waals surface area (Å²) >= 11 is 0. The summed E-state index contributed by atoms with van der Waals surface area (Å²) in [4.78, 5) is 12.2. The van der Waals surface area contributed by atoms with Crippen molar-refractivity contribution in [3.8, 4) is 23.0 Å². The lowest BCUT2D eigenvalue weighted by Crippen LogP contribution is -2.11. The van der Waals surface area contributed by atoms with E-state index in [0.717, 1.165) is 16.9 Å². The summed E-state index contributed by atoms with van der Waals surface area (Å²) in [6, 6.07) is 22.3. The van der Waals surface area contributed by atoms with Gasteiger partial charge in [0, 0.05) is 18.2 Å². The van der Waals surface area contributed by atoms with Gasteiger partial charge in [0.2, 0.25) is 0 Å². The van der Waals surface area contributed by atoms with Crippen molar-refractivity contribution in [2.75, 3.05) is 14.2 Å². The monoisotopic (exact) mass is 378 g/mol. The van der Waals surface area contributed by atoms with Crippen LogP contribution in [-0.4, -0.2) is 20.2 Å². The maximum Gasteiger partial charge on any atom is 0.315 e. The van der Waals surface area contributed by atoms with Crippen LogP contribution in [0.5, 0.6) is 23.0 Å². The first-order chi connectivity index (χ1) is 13.7. The molecule has 0 amide bonds. The van der Waals surface area contributed by atoms with E-state index in [0.29, 0.717) is 23.9 Å². The summed E-state index contributed by atoms with van der Waals surface area (Å²) in [7, 11) is 3.09. The van der Waals surface area contributed by atoms with Crippen molar-refractivity contribution in [3.63, 3.8) is 0 Å². The van der Waals surface area contributed by atoms with E-state index in [1.165, 1.54) is 0 Å². The van der Waals surface area contributed by atoms with Gasteiger partial charge in [0.05, 0.1) is 20.6 Å². The molecule has 0 heterocycles. The molecule has 144 valence electrons. The minimum Gasteiger partial charge on any atom is -0.496 e. The van der Waals surface area contributed by atoms with Crippen LogP contribution in [0.4, 0.5) is 0 Å². The molecule has 0 aromatic heterocycles. The highest BCUT2D eigenvalue weighted by Crippen LogP contribution is 2.27. The Morgan fingerprint density at radius 1 is 0.714 bits per heavy atom. The summed E-state index contributed by atoms with van der Waals surface area (Å²) in [5.41, 5.74) is 1.94. The summed E-state index contributed by atoms with van der Waals surface area (Å²) in [6.07, 6.45) is 0.151. The molecule has 0 fully saturated rings. The average Bonchev–Trinajstić information content (AvgIpc) is 2.73. The molecule has 0 aliphatic heterocycles. The number of carbonyl (C=O) groups is 1. The van der Waals surface area contributed by atoms with Crippen molar-refractivity contribution in [2.45, 2.75) is 13.0 Å². The van der Waals surface area contributed by atoms with Gasteiger partial charge in [-0.25, -0.2) is 0 Å². The van der Waals surface area contributed by atoms with E-state index in [-0.39, 0.29) is 12.4 Å². The van der Waals surface area contributed by atoms with Crippen molar-refractivity contribution in [3.05, 3.63) is 83.9 Å². The van der Waals surface area contributed by atoms with Crippen molar-refractivity contribution in [1.29, 1.82) is 0 Å². The molecule has 0 radical (unpaired) electrons. The van der Waals surface area contributed by atoms with Crippen LogP contribution in [0.1, 0.15) is 11.1 Å². The second-order valence-corrected chi connectivity index (χ2v) is 6.12. The third-order valence-electron chi connectivity index (χ3n) is 4.08. The van der Waals surface area contributed by atoms with Gasteiger partial charge < -0.3 is 18.9 Å². The Balaban J connectivity index is 1.55. The number of rotatable bonds is 8. The molecule has 0 atom stereocenters. The molecule has 3 aromatic rings. The maximum atomic E-state index is 12.2. The molecular weight excluding hydrogens is 356 g/mol. The third kappa shape index (κ3) is 5.51. The summed E-state index contributed by atoms with van der Waals surface area (Å²) in [6.45, 7) is 0.500. The number of benzene rings is 3. The molecule has 0 saturated heterocycles. The van der Waals surface area contributed by atoms with Crippen LogP contribution in [0.3, 0.4) is 0 Å². The van der Waals surface area contributed by atoms with E-state index >= 15 is 0 Å². The van der Waals surface area contributed by atoms with E-state index < -0.39 is 0 Å². The van der Waals surface area contributed by atoms with Gasteiger partial charge in [-0.2, -0.15) is 0 Å². The Morgan fingerprint density at radius 2 is 1.32 bits per heavy atom. The van der Waals surface area contributed by atoms with E-state index in [1.54, 1.807) is 32.4 Å². The fourth-order valence-electron chi connectivity index (χ4n) is 2.62. The van der Waals surface area contributed by atoms with Gasteiger partial charge in [-0.1, -0.05) is 42.5 Å². The second-order valence-electron chi connectivity index (χ2n) is 6.12. The van der Waals surface area contributed by atoms with Crippen LogP contribution in [0.15, 0.2) is 72.8 Å². The van der Waals surface area contributed by atoms with Crippen molar-refractivity contribution >= 4 is 5.97 Å². The highest BCUT2D eigenvalue weighted by Gasteiger charge is 2.10. The third-order valence-corrected chi connectivity index (χ3v) is 4.08. The van der Waals surface area contributed by atoms with E-state index in [9.17, 15) is 4.79 Å². The largest absolute Gasteiger partial charge is 0.496 e. The lowest BCUT2D eigenvalue weighted by Gasteiger charge is -2.10. The molecule has 28 heavy (non-hydrogen) atoms. The van der Waals surface area contributed by atoms with Crippen molar-refractivity contribution in [1.82, 2.24) is 0 Å². The molecule has 3 aromatic carbocycles. The number of ether oxygens (including phenoxy) is 4. The number of esters is 1. The van der Waals surface area contributed by atoms with Gasteiger partial charge in [-0.3, -0.25) is 4.79 Å². The van der Waals surface area contributed by atoms with Gasteiger partial charge in [-0.15, -0.1) is 0 Å². The van der Waals surface area contributed by atoms with Crippen LogP contribution in [0.25, 0.3) is 0 Å². The molecule has 5 heteroatoms. The molecular formula is C23H22O5. The Labute approximate surface area is 164 Å². The zero-order valence-electron chi connectivity index (χ0n) is 15.9.